The van der Waals surface area contributed by atoms with Crippen molar-refractivity contribution in [2.24, 2.45) is 5.92 Å². The van der Waals surface area contributed by atoms with Gasteiger partial charge < -0.3 is 14.8 Å². The van der Waals surface area contributed by atoms with Gasteiger partial charge in [-0.3, -0.25) is 0 Å². The van der Waals surface area contributed by atoms with Crippen LogP contribution in [0.1, 0.15) is 32.6 Å². The Balaban J connectivity index is 1.66. The minimum atomic E-state index is 0.184. The van der Waals surface area contributed by atoms with E-state index in [0.29, 0.717) is 18.1 Å². The quantitative estimate of drug-likeness (QED) is 0.856. The average molecular weight is 332 g/mol. The lowest BCUT2D eigenvalue weighted by molar-refractivity contribution is -0.115. The van der Waals surface area contributed by atoms with Crippen LogP contribution in [0, 0.1) is 5.92 Å². The number of hydrogen-bond acceptors (Lipinski definition) is 5. The highest BCUT2D eigenvalue weighted by Crippen LogP contribution is 2.41. The van der Waals surface area contributed by atoms with Gasteiger partial charge in [0.2, 0.25) is 0 Å². The van der Waals surface area contributed by atoms with Crippen LogP contribution in [0.25, 0.3) is 0 Å². The Morgan fingerprint density at radius 2 is 2.05 bits per heavy atom. The molecule has 3 saturated heterocycles. The van der Waals surface area contributed by atoms with Crippen molar-refractivity contribution in [2.75, 3.05) is 42.8 Å². The van der Waals surface area contributed by atoms with Gasteiger partial charge in [0.1, 0.15) is 0 Å². The zero-order chi connectivity index (χ0) is 14.5. The predicted molar refractivity (Wildman–Crippen MR) is 92.5 cm³/mol. The molecule has 0 amide bonds. The molecule has 122 valence electrons. The maximum atomic E-state index is 6.27. The van der Waals surface area contributed by atoms with Gasteiger partial charge in [-0.1, -0.05) is 6.92 Å². The second-order valence-corrected chi connectivity index (χ2v) is 8.84. The van der Waals surface area contributed by atoms with E-state index >= 15 is 0 Å². The van der Waals surface area contributed by atoms with Crippen LogP contribution in [0.2, 0.25) is 0 Å². The van der Waals surface area contributed by atoms with Crippen LogP contribution >= 0.6 is 23.5 Å². The third-order valence-electron chi connectivity index (χ3n) is 5.13. The minimum absolute atomic E-state index is 0.184. The molecule has 3 rings (SSSR count). The second kappa shape index (κ2) is 7.91. The van der Waals surface area contributed by atoms with Crippen LogP contribution in [-0.4, -0.2) is 60.5 Å². The molecule has 3 nitrogen and oxygen atoms in total. The highest BCUT2D eigenvalue weighted by Gasteiger charge is 2.43. The van der Waals surface area contributed by atoms with Crippen molar-refractivity contribution < 1.29 is 9.47 Å². The number of hydrogen-bond donors (Lipinski definition) is 1. The van der Waals surface area contributed by atoms with Gasteiger partial charge in [0.15, 0.2) is 0 Å². The summed E-state index contributed by atoms with van der Waals surface area (Å²) in [5.41, 5.74) is 0.184. The Bertz CT molecular complexity index is 312. The lowest BCUT2D eigenvalue weighted by Gasteiger charge is -2.47. The molecule has 3 atom stereocenters. The molecule has 0 bridgehead atoms. The van der Waals surface area contributed by atoms with Crippen molar-refractivity contribution in [3.8, 4) is 0 Å². The van der Waals surface area contributed by atoms with Crippen LogP contribution in [-0.2, 0) is 9.47 Å². The summed E-state index contributed by atoms with van der Waals surface area (Å²) in [6.45, 7) is 5.12. The Morgan fingerprint density at radius 1 is 1.19 bits per heavy atom. The van der Waals surface area contributed by atoms with Crippen molar-refractivity contribution in [2.45, 2.75) is 50.4 Å². The Kier molecular flexibility index (Phi) is 6.19. The van der Waals surface area contributed by atoms with Gasteiger partial charge in [-0.25, -0.2) is 0 Å². The van der Waals surface area contributed by atoms with Gasteiger partial charge in [-0.15, -0.1) is 0 Å². The number of nitrogens with one attached hydrogen (secondary N) is 1. The van der Waals surface area contributed by atoms with Gasteiger partial charge in [0, 0.05) is 24.2 Å². The van der Waals surface area contributed by atoms with E-state index in [9.17, 15) is 0 Å². The second-order valence-electron chi connectivity index (χ2n) is 6.46. The first-order valence-corrected chi connectivity index (χ1v) is 10.8. The fraction of sp³-hybridized carbons (Fsp3) is 1.00. The fourth-order valence-electron chi connectivity index (χ4n) is 4.01. The van der Waals surface area contributed by atoms with E-state index < -0.39 is 0 Å². The molecule has 0 aromatic heterocycles. The van der Waals surface area contributed by atoms with Crippen molar-refractivity contribution in [3.63, 3.8) is 0 Å². The first-order chi connectivity index (χ1) is 10.3. The summed E-state index contributed by atoms with van der Waals surface area (Å²) >= 11 is 4.14. The molecule has 3 fully saturated rings. The summed E-state index contributed by atoms with van der Waals surface area (Å²) in [5.74, 6) is 5.57. The van der Waals surface area contributed by atoms with Gasteiger partial charge in [-0.2, -0.15) is 23.5 Å². The van der Waals surface area contributed by atoms with Gasteiger partial charge >= 0.3 is 0 Å². The number of thioether (sulfide) groups is 2. The molecule has 1 spiro atoms. The molecule has 5 heteroatoms. The van der Waals surface area contributed by atoms with Gasteiger partial charge in [-0.05, 0) is 49.7 Å². The third-order valence-corrected chi connectivity index (χ3v) is 7.13. The number of likely N-dealkylation sites (N-methyl/N-ethyl adjacent to an activating group) is 1. The average Bonchev–Trinajstić information content (AvgIpc) is 2.54. The van der Waals surface area contributed by atoms with Crippen LogP contribution in [0.5, 0.6) is 0 Å². The third kappa shape index (κ3) is 4.11. The number of rotatable bonds is 4. The summed E-state index contributed by atoms with van der Waals surface area (Å²) < 4.78 is 12.4. The molecule has 3 aliphatic heterocycles. The largest absolute Gasteiger partial charge is 0.375 e. The van der Waals surface area contributed by atoms with E-state index in [4.69, 9.17) is 9.47 Å². The monoisotopic (exact) mass is 331 g/mol. The molecule has 0 aromatic carbocycles. The highest BCUT2D eigenvalue weighted by atomic mass is 32.2. The lowest BCUT2D eigenvalue weighted by Crippen LogP contribution is -2.54. The molecular weight excluding hydrogens is 302 g/mol. The van der Waals surface area contributed by atoms with E-state index in [1.165, 1.54) is 37.2 Å². The molecule has 3 heterocycles. The van der Waals surface area contributed by atoms with E-state index in [-0.39, 0.29) is 5.60 Å². The number of ether oxygens (including phenoxy) is 2. The van der Waals surface area contributed by atoms with Crippen molar-refractivity contribution in [1.82, 2.24) is 5.32 Å². The first kappa shape index (κ1) is 16.4. The van der Waals surface area contributed by atoms with Crippen LogP contribution < -0.4 is 5.32 Å². The summed E-state index contributed by atoms with van der Waals surface area (Å²) in [4.78, 5) is 0. The normalized spacial score (nSPS) is 34.7. The Hall–Kier alpha value is 0.580. The summed E-state index contributed by atoms with van der Waals surface area (Å²) in [7, 11) is 0. The lowest BCUT2D eigenvalue weighted by atomic mass is 9.77. The molecule has 3 aliphatic rings. The maximum absolute atomic E-state index is 6.27. The summed E-state index contributed by atoms with van der Waals surface area (Å²) in [6.07, 6.45) is 5.30. The van der Waals surface area contributed by atoms with E-state index in [1.54, 1.807) is 0 Å². The fourth-order valence-corrected chi connectivity index (χ4v) is 6.17. The molecule has 0 radical (unpaired) electrons. The molecular formula is C16H29NO2S2. The van der Waals surface area contributed by atoms with E-state index in [1.807, 2.05) is 11.8 Å². The highest BCUT2D eigenvalue weighted by molar-refractivity contribution is 7.99. The summed E-state index contributed by atoms with van der Waals surface area (Å²) in [6, 6.07) is 0.512. The Morgan fingerprint density at radius 3 is 2.76 bits per heavy atom. The van der Waals surface area contributed by atoms with Crippen LogP contribution in [0.4, 0.5) is 0 Å². The molecule has 21 heavy (non-hydrogen) atoms. The smallest absolute Gasteiger partial charge is 0.0821 e. The van der Waals surface area contributed by atoms with Gasteiger partial charge in [0.05, 0.1) is 18.3 Å². The van der Waals surface area contributed by atoms with Crippen LogP contribution in [0.15, 0.2) is 0 Å². The predicted octanol–water partition coefficient (Wildman–Crippen LogP) is 2.79. The molecule has 1 N–H and O–H groups in total. The van der Waals surface area contributed by atoms with Crippen molar-refractivity contribution in [3.05, 3.63) is 0 Å². The minimum Gasteiger partial charge on any atom is -0.375 e. The zero-order valence-electron chi connectivity index (χ0n) is 13.1. The SMILES string of the molecule is CCNC(C1CCOC2(CCSCC2)C1)C1CSCCO1. The van der Waals surface area contributed by atoms with Crippen molar-refractivity contribution in [1.29, 1.82) is 0 Å². The van der Waals surface area contributed by atoms with Crippen LogP contribution in [0.3, 0.4) is 0 Å². The standard InChI is InChI=1S/C16H29NO2S2/c1-2-17-15(14-12-21-10-7-18-14)13-3-6-19-16(11-13)4-8-20-9-5-16/h13-15,17H,2-12H2,1H3. The molecule has 0 aliphatic carbocycles. The maximum Gasteiger partial charge on any atom is 0.0821 e. The topological polar surface area (TPSA) is 30.5 Å². The molecule has 0 aromatic rings. The van der Waals surface area contributed by atoms with E-state index in [0.717, 1.165) is 31.3 Å². The molecule has 0 saturated carbocycles. The van der Waals surface area contributed by atoms with Gasteiger partial charge in [0.25, 0.3) is 0 Å². The van der Waals surface area contributed by atoms with E-state index in [2.05, 4.69) is 24.0 Å². The zero-order valence-corrected chi connectivity index (χ0v) is 14.8. The Labute approximate surface area is 137 Å². The van der Waals surface area contributed by atoms with Crippen molar-refractivity contribution >= 4 is 23.5 Å². The molecule has 3 unspecified atom stereocenters. The summed E-state index contributed by atoms with van der Waals surface area (Å²) in [5, 5.41) is 3.74. The first-order valence-electron chi connectivity index (χ1n) is 8.47.